The summed E-state index contributed by atoms with van der Waals surface area (Å²) in [6, 6.07) is 9.10. The van der Waals surface area contributed by atoms with Gasteiger partial charge in [0.25, 0.3) is 5.56 Å². The highest BCUT2D eigenvalue weighted by Crippen LogP contribution is 2.32. The Balaban J connectivity index is 1.73. The monoisotopic (exact) mass is 366 g/mol. The second-order valence-electron chi connectivity index (χ2n) is 6.65. The molecule has 0 atom stereocenters. The average Bonchev–Trinajstić information content (AvgIpc) is 3.22. The maximum Gasteiger partial charge on any atom is 0.252 e. The van der Waals surface area contributed by atoms with Gasteiger partial charge < -0.3 is 14.8 Å². The minimum absolute atomic E-state index is 0.00910. The summed E-state index contributed by atoms with van der Waals surface area (Å²) < 4.78 is 12.4. The highest BCUT2D eigenvalue weighted by molar-refractivity contribution is 5.76. The minimum Gasteiger partial charge on any atom is -0.493 e. The second kappa shape index (κ2) is 7.26. The SMILES string of the molecule is COc1ccc(Nc2ncc3ccc(=O)n(C4CCCC4)c3n2)cc1OC. The van der Waals surface area contributed by atoms with E-state index >= 15 is 0 Å². The van der Waals surface area contributed by atoms with E-state index in [1.54, 1.807) is 32.5 Å². The van der Waals surface area contributed by atoms with Crippen molar-refractivity contribution >= 4 is 22.7 Å². The predicted molar refractivity (Wildman–Crippen MR) is 104 cm³/mol. The molecular weight excluding hydrogens is 344 g/mol. The number of pyridine rings is 1. The van der Waals surface area contributed by atoms with Gasteiger partial charge in [-0.05, 0) is 31.0 Å². The molecular formula is C20H22N4O3. The van der Waals surface area contributed by atoms with Crippen molar-refractivity contribution < 1.29 is 9.47 Å². The highest BCUT2D eigenvalue weighted by Gasteiger charge is 2.20. The number of methoxy groups -OCH3 is 2. The summed E-state index contributed by atoms with van der Waals surface area (Å²) in [7, 11) is 3.19. The molecule has 0 bridgehead atoms. The molecule has 2 aromatic heterocycles. The topological polar surface area (TPSA) is 78.3 Å². The van der Waals surface area contributed by atoms with Gasteiger partial charge in [0.2, 0.25) is 5.95 Å². The molecule has 140 valence electrons. The van der Waals surface area contributed by atoms with Crippen LogP contribution in [0.3, 0.4) is 0 Å². The standard InChI is InChI=1S/C20H22N4O3/c1-26-16-9-8-14(11-17(16)27-2)22-20-21-12-13-7-10-18(25)24(19(13)23-20)15-5-3-4-6-15/h7-12,15H,3-6H2,1-2H3,(H,21,22,23). The van der Waals surface area contributed by atoms with Crippen LogP contribution in [0.25, 0.3) is 11.0 Å². The zero-order valence-corrected chi connectivity index (χ0v) is 15.4. The van der Waals surface area contributed by atoms with Gasteiger partial charge >= 0.3 is 0 Å². The largest absolute Gasteiger partial charge is 0.493 e. The van der Waals surface area contributed by atoms with Gasteiger partial charge in [-0.1, -0.05) is 12.8 Å². The minimum atomic E-state index is -0.00910. The fourth-order valence-electron chi connectivity index (χ4n) is 3.66. The lowest BCUT2D eigenvalue weighted by molar-refractivity contribution is 0.355. The zero-order valence-electron chi connectivity index (χ0n) is 15.4. The van der Waals surface area contributed by atoms with Gasteiger partial charge in [0.1, 0.15) is 5.65 Å². The lowest BCUT2D eigenvalue weighted by atomic mass is 10.2. The predicted octanol–water partition coefficient (Wildman–Crippen LogP) is 3.67. The molecule has 4 rings (SSSR count). The molecule has 1 aliphatic rings. The van der Waals surface area contributed by atoms with E-state index in [2.05, 4.69) is 15.3 Å². The summed E-state index contributed by atoms with van der Waals surface area (Å²) >= 11 is 0. The van der Waals surface area contributed by atoms with Crippen molar-refractivity contribution in [2.75, 3.05) is 19.5 Å². The lowest BCUT2D eigenvalue weighted by Crippen LogP contribution is -2.23. The Morgan fingerprint density at radius 3 is 2.59 bits per heavy atom. The molecule has 1 N–H and O–H groups in total. The van der Waals surface area contributed by atoms with E-state index in [4.69, 9.17) is 9.47 Å². The zero-order chi connectivity index (χ0) is 18.8. The van der Waals surface area contributed by atoms with Crippen LogP contribution in [-0.2, 0) is 0 Å². The van der Waals surface area contributed by atoms with Crippen LogP contribution in [-0.4, -0.2) is 28.8 Å². The summed E-state index contributed by atoms with van der Waals surface area (Å²) in [5.74, 6) is 1.70. The third-order valence-corrected chi connectivity index (χ3v) is 5.00. The number of hydrogen-bond donors (Lipinski definition) is 1. The first-order valence-electron chi connectivity index (χ1n) is 9.07. The van der Waals surface area contributed by atoms with Gasteiger partial charge in [-0.15, -0.1) is 0 Å². The first-order chi connectivity index (χ1) is 13.2. The second-order valence-corrected chi connectivity index (χ2v) is 6.65. The van der Waals surface area contributed by atoms with E-state index in [9.17, 15) is 4.79 Å². The van der Waals surface area contributed by atoms with E-state index in [-0.39, 0.29) is 11.6 Å². The van der Waals surface area contributed by atoms with Crippen LogP contribution in [0, 0.1) is 0 Å². The van der Waals surface area contributed by atoms with Crippen LogP contribution in [0.15, 0.2) is 41.3 Å². The Hall–Kier alpha value is -3.09. The maximum atomic E-state index is 12.5. The van der Waals surface area contributed by atoms with E-state index in [1.165, 1.54) is 0 Å². The molecule has 1 aromatic carbocycles. The summed E-state index contributed by atoms with van der Waals surface area (Å²) in [6.07, 6.45) is 6.07. The highest BCUT2D eigenvalue weighted by atomic mass is 16.5. The molecule has 7 heteroatoms. The van der Waals surface area contributed by atoms with Crippen molar-refractivity contribution in [2.24, 2.45) is 0 Å². The van der Waals surface area contributed by atoms with Crippen molar-refractivity contribution in [1.82, 2.24) is 14.5 Å². The number of rotatable bonds is 5. The third-order valence-electron chi connectivity index (χ3n) is 5.00. The van der Waals surface area contributed by atoms with Crippen LogP contribution in [0.5, 0.6) is 11.5 Å². The molecule has 3 aromatic rings. The molecule has 1 saturated carbocycles. The Kier molecular flexibility index (Phi) is 4.66. The molecule has 1 fully saturated rings. The van der Waals surface area contributed by atoms with E-state index in [0.29, 0.717) is 23.1 Å². The molecule has 0 spiro atoms. The van der Waals surface area contributed by atoms with Crippen molar-refractivity contribution in [3.8, 4) is 11.5 Å². The van der Waals surface area contributed by atoms with E-state index < -0.39 is 0 Å². The number of nitrogens with zero attached hydrogens (tertiary/aromatic N) is 3. The summed E-state index contributed by atoms with van der Waals surface area (Å²) in [6.45, 7) is 0. The summed E-state index contributed by atoms with van der Waals surface area (Å²) in [5.41, 5.74) is 1.44. The fourth-order valence-corrected chi connectivity index (χ4v) is 3.66. The smallest absolute Gasteiger partial charge is 0.252 e. The van der Waals surface area contributed by atoms with Crippen molar-refractivity contribution in [3.63, 3.8) is 0 Å². The van der Waals surface area contributed by atoms with Gasteiger partial charge in [-0.2, -0.15) is 4.98 Å². The lowest BCUT2D eigenvalue weighted by Gasteiger charge is -2.16. The van der Waals surface area contributed by atoms with Gasteiger partial charge in [0, 0.05) is 35.4 Å². The first-order valence-corrected chi connectivity index (χ1v) is 9.07. The van der Waals surface area contributed by atoms with Crippen LogP contribution < -0.4 is 20.3 Å². The summed E-state index contributed by atoms with van der Waals surface area (Å²) in [5, 5.41) is 4.05. The Bertz CT molecular complexity index is 1030. The van der Waals surface area contributed by atoms with E-state index in [0.717, 1.165) is 36.8 Å². The van der Waals surface area contributed by atoms with Crippen LogP contribution >= 0.6 is 0 Å². The molecule has 0 amide bonds. The fraction of sp³-hybridized carbons (Fsp3) is 0.350. The molecule has 7 nitrogen and oxygen atoms in total. The van der Waals surface area contributed by atoms with Crippen LogP contribution in [0.4, 0.5) is 11.6 Å². The molecule has 0 unspecified atom stereocenters. The molecule has 2 heterocycles. The molecule has 27 heavy (non-hydrogen) atoms. The van der Waals surface area contributed by atoms with Gasteiger partial charge in [0.15, 0.2) is 11.5 Å². The molecule has 0 aliphatic heterocycles. The number of benzene rings is 1. The number of fused-ring (bicyclic) bond motifs is 1. The van der Waals surface area contributed by atoms with Crippen LogP contribution in [0.1, 0.15) is 31.7 Å². The maximum absolute atomic E-state index is 12.5. The van der Waals surface area contributed by atoms with Gasteiger partial charge in [-0.25, -0.2) is 4.98 Å². The van der Waals surface area contributed by atoms with Crippen molar-refractivity contribution in [2.45, 2.75) is 31.7 Å². The Morgan fingerprint density at radius 2 is 1.85 bits per heavy atom. The van der Waals surface area contributed by atoms with Crippen LogP contribution in [0.2, 0.25) is 0 Å². The number of aromatic nitrogens is 3. The number of nitrogens with one attached hydrogen (secondary N) is 1. The van der Waals surface area contributed by atoms with Gasteiger partial charge in [0.05, 0.1) is 14.2 Å². The summed E-state index contributed by atoms with van der Waals surface area (Å²) in [4.78, 5) is 21.5. The molecule has 0 radical (unpaired) electrons. The number of ether oxygens (including phenoxy) is 2. The normalized spacial score (nSPS) is 14.4. The number of hydrogen-bond acceptors (Lipinski definition) is 6. The Labute approximate surface area is 157 Å². The molecule has 1 aliphatic carbocycles. The average molecular weight is 366 g/mol. The number of anilines is 2. The van der Waals surface area contributed by atoms with Gasteiger partial charge in [-0.3, -0.25) is 9.36 Å². The Morgan fingerprint density at radius 1 is 1.07 bits per heavy atom. The van der Waals surface area contributed by atoms with Crippen molar-refractivity contribution in [1.29, 1.82) is 0 Å². The first kappa shape index (κ1) is 17.3. The third kappa shape index (κ3) is 3.32. The molecule has 0 saturated heterocycles. The van der Waals surface area contributed by atoms with E-state index in [1.807, 2.05) is 22.8 Å². The van der Waals surface area contributed by atoms with Crippen molar-refractivity contribution in [3.05, 3.63) is 46.9 Å². The quantitative estimate of drug-likeness (QED) is 0.742.